The van der Waals surface area contributed by atoms with Gasteiger partial charge in [-0.1, -0.05) is 45.9 Å². The topological polar surface area (TPSA) is 79.5 Å². The first-order chi connectivity index (χ1) is 19.0. The van der Waals surface area contributed by atoms with Crippen molar-refractivity contribution in [2.24, 2.45) is 5.92 Å². The first-order valence-corrected chi connectivity index (χ1v) is 14.4. The summed E-state index contributed by atoms with van der Waals surface area (Å²) in [7, 11) is 3.73. The number of H-pyrrole nitrogens is 1. The molecular formula is C32H45FN4O3. The van der Waals surface area contributed by atoms with E-state index in [9.17, 15) is 9.18 Å². The minimum Gasteiger partial charge on any atom is -0.442 e. The number of para-hydroxylation sites is 2. The standard InChI is InChI=1S/C32H45FN4O3/c1-22(2)28-25-12-11-24(33)21-23(25)13-14-32(28,40-30(38)34-17-20-39-6)16-19-37(5)18-15-31(3,4)29-35-26-9-7-8-10-27(26)36-29/h7-12,21-22,28H,13-20H2,1-6H3,(H,34,38)(H,35,36). The molecule has 3 aromatic rings. The van der Waals surface area contributed by atoms with Crippen LogP contribution in [0, 0.1) is 11.7 Å². The molecule has 1 aliphatic rings. The summed E-state index contributed by atoms with van der Waals surface area (Å²) in [6, 6.07) is 13.2. The van der Waals surface area contributed by atoms with Crippen LogP contribution in [0.25, 0.3) is 11.0 Å². The van der Waals surface area contributed by atoms with Crippen molar-refractivity contribution in [3.63, 3.8) is 0 Å². The summed E-state index contributed by atoms with van der Waals surface area (Å²) in [6.45, 7) is 11.2. The molecule has 0 saturated carbocycles. The minimum absolute atomic E-state index is 0.0367. The van der Waals surface area contributed by atoms with Crippen molar-refractivity contribution in [3.05, 3.63) is 65.2 Å². The Morgan fingerprint density at radius 1 is 1.25 bits per heavy atom. The van der Waals surface area contributed by atoms with E-state index >= 15 is 0 Å². The number of rotatable bonds is 12. The van der Waals surface area contributed by atoms with Crippen LogP contribution in [0.5, 0.6) is 0 Å². The number of aromatic nitrogens is 2. The second-order valence-electron chi connectivity index (χ2n) is 12.2. The van der Waals surface area contributed by atoms with E-state index in [2.05, 4.69) is 56.0 Å². The zero-order valence-electron chi connectivity index (χ0n) is 24.9. The van der Waals surface area contributed by atoms with Crippen molar-refractivity contribution >= 4 is 17.1 Å². The molecule has 0 bridgehead atoms. The average Bonchev–Trinajstić information content (AvgIpc) is 3.36. The Kier molecular flexibility index (Phi) is 9.52. The Morgan fingerprint density at radius 3 is 2.75 bits per heavy atom. The highest BCUT2D eigenvalue weighted by Crippen LogP contribution is 2.48. The molecule has 1 aliphatic carbocycles. The lowest BCUT2D eigenvalue weighted by Crippen LogP contribution is -2.50. The quantitative estimate of drug-likeness (QED) is 0.262. The number of alkyl carbamates (subject to hydrolysis) is 1. The summed E-state index contributed by atoms with van der Waals surface area (Å²) >= 11 is 0. The maximum absolute atomic E-state index is 14.1. The molecule has 2 atom stereocenters. The number of carbonyl (C=O) groups is 1. The van der Waals surface area contributed by atoms with Crippen LogP contribution in [-0.2, 0) is 21.3 Å². The SMILES string of the molecule is COCCNC(=O)OC1(CCN(C)CCC(C)(C)c2nc3ccccc3[nH]2)CCc2cc(F)ccc2C1C(C)C. The molecule has 0 saturated heterocycles. The number of aryl methyl sites for hydroxylation is 1. The Bertz CT molecular complexity index is 1260. The van der Waals surface area contributed by atoms with Crippen molar-refractivity contribution in [1.29, 1.82) is 0 Å². The van der Waals surface area contributed by atoms with Gasteiger partial charge in [-0.3, -0.25) is 0 Å². The molecule has 2 aromatic carbocycles. The van der Waals surface area contributed by atoms with Gasteiger partial charge in [0.05, 0.1) is 17.6 Å². The van der Waals surface area contributed by atoms with Gasteiger partial charge < -0.3 is 24.7 Å². The van der Waals surface area contributed by atoms with E-state index in [0.717, 1.165) is 47.5 Å². The number of aromatic amines is 1. The molecule has 2 N–H and O–H groups in total. The summed E-state index contributed by atoms with van der Waals surface area (Å²) < 4.78 is 25.5. The number of imidazole rings is 1. The molecule has 7 nitrogen and oxygen atoms in total. The molecule has 1 aromatic heterocycles. The van der Waals surface area contributed by atoms with Crippen LogP contribution in [-0.4, -0.2) is 67.0 Å². The van der Waals surface area contributed by atoms with Crippen LogP contribution >= 0.6 is 0 Å². The lowest BCUT2D eigenvalue weighted by molar-refractivity contribution is -0.0447. The number of hydrogen-bond donors (Lipinski definition) is 2. The second kappa shape index (κ2) is 12.7. The van der Waals surface area contributed by atoms with Crippen LogP contribution < -0.4 is 5.32 Å². The maximum atomic E-state index is 14.1. The van der Waals surface area contributed by atoms with Crippen molar-refractivity contribution < 1.29 is 18.7 Å². The number of carbonyl (C=O) groups excluding carboxylic acids is 1. The molecule has 218 valence electrons. The lowest BCUT2D eigenvalue weighted by Gasteiger charge is -2.47. The number of ether oxygens (including phenoxy) is 2. The van der Waals surface area contributed by atoms with Crippen LogP contribution in [0.4, 0.5) is 9.18 Å². The highest BCUT2D eigenvalue weighted by atomic mass is 19.1. The van der Waals surface area contributed by atoms with Crippen LogP contribution in [0.2, 0.25) is 0 Å². The highest BCUT2D eigenvalue weighted by Gasteiger charge is 2.48. The Hall–Kier alpha value is -2.97. The molecule has 4 rings (SSSR count). The van der Waals surface area contributed by atoms with Crippen molar-refractivity contribution in [2.45, 2.75) is 70.3 Å². The van der Waals surface area contributed by atoms with E-state index in [1.54, 1.807) is 13.2 Å². The summed E-state index contributed by atoms with van der Waals surface area (Å²) in [4.78, 5) is 23.6. The molecule has 0 spiro atoms. The fourth-order valence-corrected chi connectivity index (χ4v) is 6.12. The Balaban J connectivity index is 1.49. The molecule has 2 unspecified atom stereocenters. The number of benzene rings is 2. The van der Waals surface area contributed by atoms with Gasteiger partial charge in [0.25, 0.3) is 0 Å². The average molecular weight is 553 g/mol. The van der Waals surface area contributed by atoms with Gasteiger partial charge in [0.2, 0.25) is 0 Å². The molecule has 0 aliphatic heterocycles. The van der Waals surface area contributed by atoms with Gasteiger partial charge in [0.1, 0.15) is 17.2 Å². The summed E-state index contributed by atoms with van der Waals surface area (Å²) in [5.41, 5.74) is 3.31. The van der Waals surface area contributed by atoms with Crippen molar-refractivity contribution in [3.8, 4) is 0 Å². The number of nitrogens with one attached hydrogen (secondary N) is 2. The molecule has 0 fully saturated rings. The first-order valence-electron chi connectivity index (χ1n) is 14.4. The summed E-state index contributed by atoms with van der Waals surface area (Å²) in [5, 5.41) is 2.84. The van der Waals surface area contributed by atoms with E-state index in [4.69, 9.17) is 14.5 Å². The number of hydrogen-bond acceptors (Lipinski definition) is 5. The van der Waals surface area contributed by atoms with E-state index in [1.165, 1.54) is 6.07 Å². The predicted molar refractivity (Wildman–Crippen MR) is 157 cm³/mol. The number of amides is 1. The third-order valence-corrected chi connectivity index (χ3v) is 8.43. The number of fused-ring (bicyclic) bond motifs is 2. The Labute approximate surface area is 237 Å². The first kappa shape index (κ1) is 30.0. The Morgan fingerprint density at radius 2 is 2.02 bits per heavy atom. The monoisotopic (exact) mass is 552 g/mol. The maximum Gasteiger partial charge on any atom is 0.407 e. The number of halogens is 1. The summed E-state index contributed by atoms with van der Waals surface area (Å²) in [6.07, 6.45) is 2.50. The minimum atomic E-state index is -0.696. The zero-order chi connectivity index (χ0) is 28.9. The highest BCUT2D eigenvalue weighted by molar-refractivity contribution is 5.75. The van der Waals surface area contributed by atoms with Gasteiger partial charge >= 0.3 is 6.09 Å². The van der Waals surface area contributed by atoms with Crippen molar-refractivity contribution in [1.82, 2.24) is 20.2 Å². The molecular weight excluding hydrogens is 507 g/mol. The molecule has 0 radical (unpaired) electrons. The van der Waals surface area contributed by atoms with E-state index in [1.807, 2.05) is 24.3 Å². The second-order valence-corrected chi connectivity index (χ2v) is 12.2. The fraction of sp³-hybridized carbons (Fsp3) is 0.562. The third-order valence-electron chi connectivity index (χ3n) is 8.43. The smallest absolute Gasteiger partial charge is 0.407 e. The van der Waals surface area contributed by atoms with E-state index in [0.29, 0.717) is 32.4 Å². The predicted octanol–water partition coefficient (Wildman–Crippen LogP) is 6.19. The van der Waals surface area contributed by atoms with Crippen LogP contribution in [0.3, 0.4) is 0 Å². The molecule has 1 amide bonds. The fourth-order valence-electron chi connectivity index (χ4n) is 6.12. The third kappa shape index (κ3) is 6.84. The number of methoxy groups -OCH3 is 1. The van der Waals surface area contributed by atoms with Crippen LogP contribution in [0.1, 0.15) is 69.8 Å². The normalized spacial score (nSPS) is 19.3. The van der Waals surface area contributed by atoms with E-state index in [-0.39, 0.29) is 23.1 Å². The molecule has 8 heteroatoms. The molecule has 1 heterocycles. The largest absolute Gasteiger partial charge is 0.442 e. The van der Waals surface area contributed by atoms with Gasteiger partial charge in [-0.15, -0.1) is 0 Å². The van der Waals surface area contributed by atoms with Gasteiger partial charge in [-0.25, -0.2) is 14.2 Å². The van der Waals surface area contributed by atoms with Crippen molar-refractivity contribution in [2.75, 3.05) is 40.4 Å². The number of nitrogens with zero attached hydrogens (tertiary/aromatic N) is 2. The van der Waals surface area contributed by atoms with Gasteiger partial charge in [0.15, 0.2) is 0 Å². The van der Waals surface area contributed by atoms with Crippen LogP contribution in [0.15, 0.2) is 42.5 Å². The van der Waals surface area contributed by atoms with Gasteiger partial charge in [-0.2, -0.15) is 0 Å². The van der Waals surface area contributed by atoms with E-state index < -0.39 is 11.7 Å². The zero-order valence-corrected chi connectivity index (χ0v) is 24.9. The van der Waals surface area contributed by atoms with Gasteiger partial charge in [-0.05, 0) is 74.2 Å². The summed E-state index contributed by atoms with van der Waals surface area (Å²) in [5.74, 6) is 0.934. The van der Waals surface area contributed by atoms with Gasteiger partial charge in [0, 0.05) is 38.0 Å². The lowest BCUT2D eigenvalue weighted by atomic mass is 9.65. The molecule has 40 heavy (non-hydrogen) atoms.